The molecule has 156 valence electrons. The first kappa shape index (κ1) is 21.1. The van der Waals surface area contributed by atoms with Gasteiger partial charge in [0.2, 0.25) is 10.0 Å². The molecule has 1 fully saturated rings. The Kier molecular flexibility index (Phi) is 6.62. The number of allylic oxidation sites excluding steroid dienone is 1. The fourth-order valence-corrected chi connectivity index (χ4v) is 5.61. The molecular weight excluding hydrogens is 380 g/mol. The van der Waals surface area contributed by atoms with E-state index < -0.39 is 10.0 Å². The van der Waals surface area contributed by atoms with Gasteiger partial charge in [0.25, 0.3) is 5.91 Å². The minimum atomic E-state index is -3.74. The number of furan rings is 1. The number of rotatable bonds is 6. The van der Waals surface area contributed by atoms with E-state index >= 15 is 0 Å². The van der Waals surface area contributed by atoms with Crippen LogP contribution < -0.4 is 5.32 Å². The van der Waals surface area contributed by atoms with Gasteiger partial charge < -0.3 is 14.5 Å². The van der Waals surface area contributed by atoms with Gasteiger partial charge >= 0.3 is 0 Å². The summed E-state index contributed by atoms with van der Waals surface area (Å²) in [5.41, 5.74) is 1.38. The van der Waals surface area contributed by atoms with Crippen LogP contribution in [-0.2, 0) is 14.8 Å². The summed E-state index contributed by atoms with van der Waals surface area (Å²) >= 11 is 0. The average molecular weight is 411 g/mol. The van der Waals surface area contributed by atoms with E-state index in [1.165, 1.54) is 28.8 Å². The van der Waals surface area contributed by atoms with Gasteiger partial charge in [0.15, 0.2) is 5.76 Å². The first-order valence-electron chi connectivity index (χ1n) is 9.99. The van der Waals surface area contributed by atoms with Crippen molar-refractivity contribution >= 4 is 15.9 Å². The van der Waals surface area contributed by atoms with Crippen LogP contribution >= 0.6 is 0 Å². The van der Waals surface area contributed by atoms with Crippen LogP contribution in [-0.4, -0.2) is 50.5 Å². The van der Waals surface area contributed by atoms with Crippen LogP contribution in [0.3, 0.4) is 0 Å². The number of carbonyl (C=O) groups is 1. The highest BCUT2D eigenvalue weighted by atomic mass is 32.2. The molecule has 0 bridgehead atoms. The van der Waals surface area contributed by atoms with Crippen LogP contribution in [0.2, 0.25) is 0 Å². The zero-order valence-electron chi connectivity index (χ0n) is 16.9. The molecule has 1 aromatic heterocycles. The SMILES string of the molecule is Cc1oc(C(=O)NCCC2=CCCCC2)cc1S(=O)(=O)N1C[C@H](C)O[C@@H](C)C1. The van der Waals surface area contributed by atoms with Gasteiger partial charge in [0.1, 0.15) is 10.7 Å². The molecule has 1 aliphatic heterocycles. The largest absolute Gasteiger partial charge is 0.455 e. The van der Waals surface area contributed by atoms with E-state index in [0.29, 0.717) is 6.54 Å². The number of nitrogens with one attached hydrogen (secondary N) is 1. The van der Waals surface area contributed by atoms with Crippen LogP contribution in [0.1, 0.15) is 62.3 Å². The molecule has 0 radical (unpaired) electrons. The van der Waals surface area contributed by atoms with Crippen molar-refractivity contribution in [1.29, 1.82) is 0 Å². The maximum Gasteiger partial charge on any atom is 0.287 e. The fraction of sp³-hybridized carbons (Fsp3) is 0.650. The van der Waals surface area contributed by atoms with Gasteiger partial charge in [-0.3, -0.25) is 4.79 Å². The molecule has 1 aliphatic carbocycles. The molecule has 1 N–H and O–H groups in total. The summed E-state index contributed by atoms with van der Waals surface area (Å²) in [6.07, 6.45) is 7.36. The summed E-state index contributed by atoms with van der Waals surface area (Å²) in [6.45, 7) is 6.36. The molecule has 1 saturated heterocycles. The van der Waals surface area contributed by atoms with Crippen molar-refractivity contribution in [3.05, 3.63) is 29.2 Å². The minimum Gasteiger partial charge on any atom is -0.455 e. The van der Waals surface area contributed by atoms with Crippen LogP contribution in [0.5, 0.6) is 0 Å². The van der Waals surface area contributed by atoms with Crippen molar-refractivity contribution in [2.45, 2.75) is 70.0 Å². The average Bonchev–Trinajstić information content (AvgIpc) is 3.04. The Morgan fingerprint density at radius 1 is 1.25 bits per heavy atom. The number of nitrogens with zero attached hydrogens (tertiary/aromatic N) is 1. The monoisotopic (exact) mass is 410 g/mol. The Balaban J connectivity index is 1.66. The first-order chi connectivity index (χ1) is 13.3. The Hall–Kier alpha value is -1.64. The number of hydrogen-bond donors (Lipinski definition) is 1. The number of morpholine rings is 1. The molecule has 0 aromatic carbocycles. The fourth-order valence-electron chi connectivity index (χ4n) is 3.85. The molecule has 2 aliphatic rings. The third-order valence-corrected chi connectivity index (χ3v) is 7.16. The Bertz CT molecular complexity index is 833. The van der Waals surface area contributed by atoms with Gasteiger partial charge in [0.05, 0.1) is 12.2 Å². The molecule has 3 rings (SSSR count). The maximum absolute atomic E-state index is 13.0. The number of amides is 1. The lowest BCUT2D eigenvalue weighted by Gasteiger charge is -2.34. The second-order valence-corrected chi connectivity index (χ2v) is 9.63. The number of sulfonamides is 1. The van der Waals surface area contributed by atoms with Gasteiger partial charge in [-0.15, -0.1) is 0 Å². The summed E-state index contributed by atoms with van der Waals surface area (Å²) in [5.74, 6) is -0.125. The third kappa shape index (κ3) is 4.85. The molecule has 8 heteroatoms. The zero-order valence-corrected chi connectivity index (χ0v) is 17.7. The van der Waals surface area contributed by atoms with E-state index in [1.54, 1.807) is 6.92 Å². The second kappa shape index (κ2) is 8.80. The van der Waals surface area contributed by atoms with Crippen molar-refractivity contribution < 1.29 is 22.4 Å². The summed E-state index contributed by atoms with van der Waals surface area (Å²) in [7, 11) is -3.74. The standard InChI is InChI=1S/C20H30N2O5S/c1-14-12-22(13-15(2)26-14)28(24,25)19-11-18(27-16(19)3)20(23)21-10-9-17-7-5-4-6-8-17/h7,11,14-15H,4-6,8-10,12-13H2,1-3H3,(H,21,23)/t14-,15-/m0/s1. The van der Waals surface area contributed by atoms with Crippen molar-refractivity contribution in [1.82, 2.24) is 9.62 Å². The van der Waals surface area contributed by atoms with E-state index in [-0.39, 0.29) is 47.6 Å². The summed E-state index contributed by atoms with van der Waals surface area (Å²) in [5, 5.41) is 2.83. The van der Waals surface area contributed by atoms with Crippen molar-refractivity contribution in [3.8, 4) is 0 Å². The number of ether oxygens (including phenoxy) is 1. The number of hydrogen-bond acceptors (Lipinski definition) is 5. The van der Waals surface area contributed by atoms with Gasteiger partial charge in [-0.05, 0) is 52.9 Å². The van der Waals surface area contributed by atoms with Crippen LogP contribution in [0.25, 0.3) is 0 Å². The predicted molar refractivity (Wildman–Crippen MR) is 106 cm³/mol. The molecule has 28 heavy (non-hydrogen) atoms. The Labute approximate surface area is 167 Å². The molecule has 7 nitrogen and oxygen atoms in total. The summed E-state index contributed by atoms with van der Waals surface area (Å²) < 4.78 is 38.6. The van der Waals surface area contributed by atoms with E-state index in [2.05, 4.69) is 11.4 Å². The molecular formula is C20H30N2O5S. The summed E-state index contributed by atoms with van der Waals surface area (Å²) in [4.78, 5) is 12.5. The van der Waals surface area contributed by atoms with Crippen LogP contribution in [0, 0.1) is 6.92 Å². The molecule has 0 saturated carbocycles. The molecule has 0 spiro atoms. The lowest BCUT2D eigenvalue weighted by Crippen LogP contribution is -2.48. The lowest BCUT2D eigenvalue weighted by molar-refractivity contribution is -0.0441. The highest BCUT2D eigenvalue weighted by Gasteiger charge is 2.35. The normalized spacial score (nSPS) is 24.0. The van der Waals surface area contributed by atoms with E-state index in [4.69, 9.17) is 9.15 Å². The van der Waals surface area contributed by atoms with Crippen molar-refractivity contribution in [3.63, 3.8) is 0 Å². The molecule has 1 aromatic rings. The predicted octanol–water partition coefficient (Wildman–Crippen LogP) is 3.01. The first-order valence-corrected chi connectivity index (χ1v) is 11.4. The van der Waals surface area contributed by atoms with Gasteiger partial charge in [-0.25, -0.2) is 8.42 Å². The van der Waals surface area contributed by atoms with Gasteiger partial charge in [0, 0.05) is 25.7 Å². The summed E-state index contributed by atoms with van der Waals surface area (Å²) in [6, 6.07) is 1.34. The van der Waals surface area contributed by atoms with Gasteiger partial charge in [-0.1, -0.05) is 11.6 Å². The molecule has 1 amide bonds. The van der Waals surface area contributed by atoms with Gasteiger partial charge in [-0.2, -0.15) is 4.31 Å². The Morgan fingerprint density at radius 2 is 1.96 bits per heavy atom. The molecule has 2 heterocycles. The Morgan fingerprint density at radius 3 is 2.61 bits per heavy atom. The topological polar surface area (TPSA) is 88.8 Å². The quantitative estimate of drug-likeness (QED) is 0.728. The number of carbonyl (C=O) groups excluding carboxylic acids is 1. The van der Waals surface area contributed by atoms with Crippen LogP contribution in [0.4, 0.5) is 0 Å². The number of aryl methyl sites for hydroxylation is 1. The van der Waals surface area contributed by atoms with E-state index in [0.717, 1.165) is 19.3 Å². The van der Waals surface area contributed by atoms with E-state index in [9.17, 15) is 13.2 Å². The van der Waals surface area contributed by atoms with Crippen molar-refractivity contribution in [2.24, 2.45) is 0 Å². The molecule has 2 atom stereocenters. The van der Waals surface area contributed by atoms with Crippen molar-refractivity contribution in [2.75, 3.05) is 19.6 Å². The van der Waals surface area contributed by atoms with Crippen LogP contribution in [0.15, 0.2) is 27.0 Å². The highest BCUT2D eigenvalue weighted by Crippen LogP contribution is 2.26. The molecule has 0 unspecified atom stereocenters. The highest BCUT2D eigenvalue weighted by molar-refractivity contribution is 7.89. The lowest BCUT2D eigenvalue weighted by atomic mass is 9.97. The smallest absolute Gasteiger partial charge is 0.287 e. The van der Waals surface area contributed by atoms with E-state index in [1.807, 2.05) is 13.8 Å². The zero-order chi connectivity index (χ0) is 20.3. The third-order valence-electron chi connectivity index (χ3n) is 5.22. The minimum absolute atomic E-state index is 0.0306. The second-order valence-electron chi connectivity index (χ2n) is 7.72. The maximum atomic E-state index is 13.0.